The molecule has 2 amide bonds. The summed E-state index contributed by atoms with van der Waals surface area (Å²) in [6, 6.07) is 7.61. The van der Waals surface area contributed by atoms with Gasteiger partial charge in [-0.15, -0.1) is 0 Å². The van der Waals surface area contributed by atoms with Crippen molar-refractivity contribution in [1.29, 1.82) is 0 Å². The smallest absolute Gasteiger partial charge is 0.226 e. The van der Waals surface area contributed by atoms with E-state index in [1.165, 1.54) is 0 Å². The van der Waals surface area contributed by atoms with Gasteiger partial charge < -0.3 is 11.1 Å². The number of hydrogen-bond acceptors (Lipinski definition) is 2. The van der Waals surface area contributed by atoms with Crippen molar-refractivity contribution in [2.24, 2.45) is 11.1 Å². The van der Waals surface area contributed by atoms with Crippen molar-refractivity contribution in [2.45, 2.75) is 25.3 Å². The Hall–Kier alpha value is -1.84. The Morgan fingerprint density at radius 1 is 1.41 bits per heavy atom. The number of rotatable bonds is 1. The summed E-state index contributed by atoms with van der Waals surface area (Å²) in [7, 11) is 0. The molecule has 2 aliphatic rings. The number of hydrogen-bond donors (Lipinski definition) is 2. The number of carbonyl (C=O) groups is 2. The van der Waals surface area contributed by atoms with Crippen LogP contribution in [0.15, 0.2) is 24.3 Å². The summed E-state index contributed by atoms with van der Waals surface area (Å²) in [5.74, 6) is -0.303. The molecule has 3 rings (SSSR count). The van der Waals surface area contributed by atoms with Crippen LogP contribution in [0.5, 0.6) is 0 Å². The van der Waals surface area contributed by atoms with E-state index in [-0.39, 0.29) is 17.9 Å². The van der Waals surface area contributed by atoms with Crippen molar-refractivity contribution >= 4 is 11.8 Å². The monoisotopic (exact) mass is 230 g/mol. The Balaban J connectivity index is 2.12. The maximum absolute atomic E-state index is 11.8. The maximum atomic E-state index is 11.8. The van der Waals surface area contributed by atoms with Crippen LogP contribution in [0.3, 0.4) is 0 Å². The number of nitrogens with one attached hydrogen (secondary N) is 1. The summed E-state index contributed by atoms with van der Waals surface area (Å²) in [4.78, 5) is 23.3. The minimum atomic E-state index is -0.613. The van der Waals surface area contributed by atoms with E-state index < -0.39 is 5.41 Å². The SMILES string of the molecule is NC(=O)[C@]12CCC(=O)N[C@H]1c1ccccc1C2. The molecular formula is C13H14N2O2. The largest absolute Gasteiger partial charge is 0.369 e. The second-order valence-electron chi connectivity index (χ2n) is 4.90. The Kier molecular flexibility index (Phi) is 2.02. The lowest BCUT2D eigenvalue weighted by atomic mass is 9.74. The fourth-order valence-corrected chi connectivity index (χ4v) is 3.09. The molecule has 0 aromatic heterocycles. The van der Waals surface area contributed by atoms with Crippen LogP contribution in [0.2, 0.25) is 0 Å². The van der Waals surface area contributed by atoms with E-state index in [2.05, 4.69) is 5.32 Å². The molecule has 4 heteroatoms. The number of fused-ring (bicyclic) bond motifs is 3. The number of amides is 2. The predicted octanol–water partition coefficient (Wildman–Crippen LogP) is 0.665. The summed E-state index contributed by atoms with van der Waals surface area (Å²) >= 11 is 0. The van der Waals surface area contributed by atoms with Gasteiger partial charge in [-0.05, 0) is 24.0 Å². The van der Waals surface area contributed by atoms with E-state index in [1.54, 1.807) is 0 Å². The third kappa shape index (κ3) is 1.30. The van der Waals surface area contributed by atoms with Crippen molar-refractivity contribution in [2.75, 3.05) is 0 Å². The second-order valence-corrected chi connectivity index (χ2v) is 4.90. The van der Waals surface area contributed by atoms with Gasteiger partial charge in [0.2, 0.25) is 11.8 Å². The van der Waals surface area contributed by atoms with Crippen LogP contribution in [0.1, 0.15) is 30.0 Å². The van der Waals surface area contributed by atoms with Crippen LogP contribution in [-0.2, 0) is 16.0 Å². The van der Waals surface area contributed by atoms with Crippen molar-refractivity contribution < 1.29 is 9.59 Å². The molecule has 1 aliphatic carbocycles. The predicted molar refractivity (Wildman–Crippen MR) is 61.9 cm³/mol. The molecule has 0 unspecified atom stereocenters. The van der Waals surface area contributed by atoms with Gasteiger partial charge in [-0.3, -0.25) is 9.59 Å². The minimum absolute atomic E-state index is 0.00331. The molecule has 88 valence electrons. The fraction of sp³-hybridized carbons (Fsp3) is 0.385. The zero-order valence-corrected chi connectivity index (χ0v) is 9.40. The van der Waals surface area contributed by atoms with E-state index in [4.69, 9.17) is 5.73 Å². The first kappa shape index (κ1) is 10.3. The van der Waals surface area contributed by atoms with E-state index in [0.29, 0.717) is 19.3 Å². The highest BCUT2D eigenvalue weighted by Gasteiger charge is 2.53. The van der Waals surface area contributed by atoms with Gasteiger partial charge in [-0.1, -0.05) is 24.3 Å². The van der Waals surface area contributed by atoms with E-state index >= 15 is 0 Å². The molecule has 1 fully saturated rings. The fourth-order valence-electron chi connectivity index (χ4n) is 3.09. The summed E-state index contributed by atoms with van der Waals surface area (Å²) in [6.07, 6.45) is 1.57. The van der Waals surface area contributed by atoms with Crippen LogP contribution >= 0.6 is 0 Å². The normalized spacial score (nSPS) is 30.4. The van der Waals surface area contributed by atoms with Crippen molar-refractivity contribution in [3.05, 3.63) is 35.4 Å². The molecule has 3 N–H and O–H groups in total. The first-order valence-corrected chi connectivity index (χ1v) is 5.80. The van der Waals surface area contributed by atoms with Gasteiger partial charge in [0.05, 0.1) is 11.5 Å². The quantitative estimate of drug-likeness (QED) is 0.744. The van der Waals surface area contributed by atoms with Gasteiger partial charge in [0.1, 0.15) is 0 Å². The molecule has 0 spiro atoms. The van der Waals surface area contributed by atoms with Gasteiger partial charge >= 0.3 is 0 Å². The zero-order chi connectivity index (χ0) is 12.0. The van der Waals surface area contributed by atoms with Crippen LogP contribution in [0.25, 0.3) is 0 Å². The molecule has 1 aliphatic heterocycles. The third-order valence-electron chi connectivity index (χ3n) is 4.02. The Bertz CT molecular complexity index is 512. The van der Waals surface area contributed by atoms with Crippen molar-refractivity contribution in [3.8, 4) is 0 Å². The van der Waals surface area contributed by atoms with Gasteiger partial charge in [-0.25, -0.2) is 0 Å². The molecule has 17 heavy (non-hydrogen) atoms. The molecule has 0 radical (unpaired) electrons. The lowest BCUT2D eigenvalue weighted by Crippen LogP contribution is -2.51. The molecule has 0 bridgehead atoms. The van der Waals surface area contributed by atoms with Crippen LogP contribution < -0.4 is 11.1 Å². The highest BCUT2D eigenvalue weighted by molar-refractivity contribution is 5.88. The van der Waals surface area contributed by atoms with Crippen LogP contribution in [-0.4, -0.2) is 11.8 Å². The summed E-state index contributed by atoms with van der Waals surface area (Å²) in [6.45, 7) is 0. The lowest BCUT2D eigenvalue weighted by Gasteiger charge is -2.37. The molecule has 1 aromatic rings. The molecule has 4 nitrogen and oxygen atoms in total. The second kappa shape index (κ2) is 3.32. The van der Waals surface area contributed by atoms with E-state index in [9.17, 15) is 9.59 Å². The molecule has 2 atom stereocenters. The number of primary amides is 1. The van der Waals surface area contributed by atoms with Crippen LogP contribution in [0.4, 0.5) is 0 Å². The highest BCUT2D eigenvalue weighted by Crippen LogP contribution is 2.50. The van der Waals surface area contributed by atoms with Crippen molar-refractivity contribution in [3.63, 3.8) is 0 Å². The molecule has 0 saturated carbocycles. The highest BCUT2D eigenvalue weighted by atomic mass is 16.2. The Morgan fingerprint density at radius 2 is 2.18 bits per heavy atom. The first-order chi connectivity index (χ1) is 8.13. The van der Waals surface area contributed by atoms with E-state index in [1.807, 2.05) is 24.3 Å². The molecule has 1 aromatic carbocycles. The van der Waals surface area contributed by atoms with Gasteiger partial charge in [0.15, 0.2) is 0 Å². The number of nitrogens with two attached hydrogens (primary N) is 1. The zero-order valence-electron chi connectivity index (χ0n) is 9.40. The summed E-state index contributed by atoms with van der Waals surface area (Å²) < 4.78 is 0. The average Bonchev–Trinajstić information content (AvgIpc) is 2.64. The number of benzene rings is 1. The van der Waals surface area contributed by atoms with Gasteiger partial charge in [0.25, 0.3) is 0 Å². The molecular weight excluding hydrogens is 216 g/mol. The average molecular weight is 230 g/mol. The molecule has 1 saturated heterocycles. The van der Waals surface area contributed by atoms with Crippen molar-refractivity contribution in [1.82, 2.24) is 5.32 Å². The first-order valence-electron chi connectivity index (χ1n) is 5.80. The Morgan fingerprint density at radius 3 is 2.94 bits per heavy atom. The van der Waals surface area contributed by atoms with E-state index in [0.717, 1.165) is 11.1 Å². The minimum Gasteiger partial charge on any atom is -0.369 e. The van der Waals surface area contributed by atoms with Gasteiger partial charge in [0, 0.05) is 6.42 Å². The standard InChI is InChI=1S/C13H14N2O2/c14-12(17)13-6-5-10(16)15-11(13)9-4-2-1-3-8(9)7-13/h1-4,11H,5-7H2,(H2,14,17)(H,15,16)/t11-,13-/m0/s1. The van der Waals surface area contributed by atoms with Gasteiger partial charge in [-0.2, -0.15) is 0 Å². The number of piperidine rings is 1. The Labute approximate surface area is 99.2 Å². The lowest BCUT2D eigenvalue weighted by molar-refractivity contribution is -0.135. The topological polar surface area (TPSA) is 72.2 Å². The summed E-state index contributed by atoms with van der Waals surface area (Å²) in [5, 5.41) is 2.92. The maximum Gasteiger partial charge on any atom is 0.226 e. The third-order valence-corrected chi connectivity index (χ3v) is 4.02. The number of carbonyl (C=O) groups excluding carboxylic acids is 2. The molecule has 1 heterocycles. The van der Waals surface area contributed by atoms with Crippen LogP contribution in [0, 0.1) is 5.41 Å². The summed E-state index contributed by atoms with van der Waals surface area (Å²) in [5.41, 5.74) is 7.13.